The fraction of sp³-hybridized carbons (Fsp3) is 0.333. The van der Waals surface area contributed by atoms with Crippen LogP contribution in [0.15, 0.2) is 24.3 Å². The van der Waals surface area contributed by atoms with Crippen molar-refractivity contribution in [2.45, 2.75) is 26.8 Å². The molecule has 0 fully saturated rings. The van der Waals surface area contributed by atoms with Crippen molar-refractivity contribution in [1.29, 1.82) is 0 Å². The predicted octanol–water partition coefficient (Wildman–Crippen LogP) is 4.02. The Labute approximate surface area is 139 Å². The second-order valence-corrected chi connectivity index (χ2v) is 5.77. The quantitative estimate of drug-likeness (QED) is 0.807. The summed E-state index contributed by atoms with van der Waals surface area (Å²) in [6.45, 7) is 5.06. The van der Waals surface area contributed by atoms with Crippen LogP contribution in [0, 0.1) is 13.8 Å². The van der Waals surface area contributed by atoms with Crippen LogP contribution in [0.25, 0.3) is 0 Å². The third-order valence-corrected chi connectivity index (χ3v) is 3.99. The van der Waals surface area contributed by atoms with Gasteiger partial charge in [-0.1, -0.05) is 29.3 Å². The molecule has 0 saturated heterocycles. The number of anilines is 1. The Morgan fingerprint density at radius 3 is 2.73 bits per heavy atom. The first-order valence-electron chi connectivity index (χ1n) is 6.97. The van der Waals surface area contributed by atoms with Gasteiger partial charge in [0.2, 0.25) is 0 Å². The van der Waals surface area contributed by atoms with Gasteiger partial charge < -0.3 is 10.6 Å². The van der Waals surface area contributed by atoms with E-state index in [0.717, 1.165) is 17.8 Å². The summed E-state index contributed by atoms with van der Waals surface area (Å²) in [6.07, 6.45) is 0.765. The minimum atomic E-state index is -0.256. The lowest BCUT2D eigenvalue weighted by atomic mass is 10.3. The van der Waals surface area contributed by atoms with Crippen LogP contribution in [0.5, 0.6) is 0 Å². The molecule has 0 atom stereocenters. The van der Waals surface area contributed by atoms with Crippen molar-refractivity contribution >= 4 is 34.9 Å². The highest BCUT2D eigenvalue weighted by Gasteiger charge is 2.08. The number of aromatic nitrogens is 2. The summed E-state index contributed by atoms with van der Waals surface area (Å²) in [5.41, 5.74) is 2.43. The monoisotopic (exact) mass is 340 g/mol. The second kappa shape index (κ2) is 7.51. The lowest BCUT2D eigenvalue weighted by Gasteiger charge is -2.08. The van der Waals surface area contributed by atoms with Gasteiger partial charge in [0, 0.05) is 23.8 Å². The molecule has 0 saturated carbocycles. The van der Waals surface area contributed by atoms with Gasteiger partial charge in [-0.2, -0.15) is 5.10 Å². The number of aryl methyl sites for hydroxylation is 2. The van der Waals surface area contributed by atoms with E-state index in [1.54, 1.807) is 24.3 Å². The van der Waals surface area contributed by atoms with Crippen LogP contribution in [0.2, 0.25) is 10.0 Å². The largest absolute Gasteiger partial charge is 0.338 e. The molecule has 0 radical (unpaired) electrons. The zero-order valence-electron chi connectivity index (χ0n) is 12.5. The van der Waals surface area contributed by atoms with Gasteiger partial charge in [0.05, 0.1) is 16.4 Å². The second-order valence-electron chi connectivity index (χ2n) is 4.95. The van der Waals surface area contributed by atoms with E-state index in [1.807, 2.05) is 18.5 Å². The molecule has 0 aliphatic rings. The molecule has 2 rings (SSSR count). The molecule has 5 nitrogen and oxygen atoms in total. The first-order chi connectivity index (χ1) is 10.5. The number of hydrogen-bond acceptors (Lipinski definition) is 2. The predicted molar refractivity (Wildman–Crippen MR) is 89.8 cm³/mol. The normalized spacial score (nSPS) is 10.5. The smallest absolute Gasteiger partial charge is 0.319 e. The third-order valence-electron chi connectivity index (χ3n) is 3.21. The minimum Gasteiger partial charge on any atom is -0.338 e. The summed E-state index contributed by atoms with van der Waals surface area (Å²) in [7, 11) is 0. The molecule has 0 spiro atoms. The number of benzene rings is 1. The average molecular weight is 341 g/mol. The molecule has 0 aliphatic carbocycles. The molecular formula is C15H18Cl2N4O. The lowest BCUT2D eigenvalue weighted by molar-refractivity contribution is 0.251. The first kappa shape index (κ1) is 16.6. The molecule has 1 aromatic carbocycles. The highest BCUT2D eigenvalue weighted by atomic mass is 35.5. The molecule has 0 bridgehead atoms. The van der Waals surface area contributed by atoms with E-state index < -0.39 is 0 Å². The first-order valence-corrected chi connectivity index (χ1v) is 7.73. The Balaban J connectivity index is 1.74. The maximum absolute atomic E-state index is 11.8. The van der Waals surface area contributed by atoms with Crippen molar-refractivity contribution in [3.63, 3.8) is 0 Å². The van der Waals surface area contributed by atoms with Gasteiger partial charge in [-0.15, -0.1) is 0 Å². The van der Waals surface area contributed by atoms with Crippen molar-refractivity contribution in [2.75, 3.05) is 11.9 Å². The number of carbonyl (C=O) groups excluding carboxylic acids is 1. The van der Waals surface area contributed by atoms with Gasteiger partial charge in [-0.25, -0.2) is 4.79 Å². The molecule has 7 heteroatoms. The molecular weight excluding hydrogens is 323 g/mol. The van der Waals surface area contributed by atoms with E-state index in [2.05, 4.69) is 15.7 Å². The average Bonchev–Trinajstić information content (AvgIpc) is 2.71. The van der Waals surface area contributed by atoms with Gasteiger partial charge in [0.1, 0.15) is 0 Å². The summed E-state index contributed by atoms with van der Waals surface area (Å²) >= 11 is 12.0. The maximum atomic E-state index is 11.8. The fourth-order valence-corrected chi connectivity index (χ4v) is 2.39. The van der Waals surface area contributed by atoms with Gasteiger partial charge in [0.15, 0.2) is 0 Å². The third kappa shape index (κ3) is 4.39. The molecule has 118 valence electrons. The van der Waals surface area contributed by atoms with Crippen molar-refractivity contribution in [3.8, 4) is 0 Å². The zero-order valence-corrected chi connectivity index (χ0v) is 14.0. The van der Waals surface area contributed by atoms with Crippen LogP contribution in [0.1, 0.15) is 17.8 Å². The maximum Gasteiger partial charge on any atom is 0.319 e. The molecule has 1 aromatic heterocycles. The van der Waals surface area contributed by atoms with Crippen molar-refractivity contribution in [3.05, 3.63) is 45.7 Å². The number of amides is 2. The molecule has 22 heavy (non-hydrogen) atoms. The molecule has 1 heterocycles. The Bertz CT molecular complexity index is 670. The SMILES string of the molecule is Cc1nn(CCCNC(=O)Nc2cccc(Cl)c2)c(C)c1Cl. The Hall–Kier alpha value is -1.72. The van der Waals surface area contributed by atoms with E-state index in [1.165, 1.54) is 0 Å². The number of halogens is 2. The van der Waals surface area contributed by atoms with Crippen molar-refractivity contribution in [1.82, 2.24) is 15.1 Å². The molecule has 2 amide bonds. The van der Waals surface area contributed by atoms with Gasteiger partial charge in [-0.05, 0) is 38.5 Å². The number of rotatable bonds is 5. The van der Waals surface area contributed by atoms with E-state index in [4.69, 9.17) is 23.2 Å². The van der Waals surface area contributed by atoms with Crippen LogP contribution in [0.3, 0.4) is 0 Å². The molecule has 0 unspecified atom stereocenters. The van der Waals surface area contributed by atoms with Crippen LogP contribution >= 0.6 is 23.2 Å². The summed E-state index contributed by atoms with van der Waals surface area (Å²) in [5.74, 6) is 0. The van der Waals surface area contributed by atoms with Crippen LogP contribution in [0.4, 0.5) is 10.5 Å². The highest BCUT2D eigenvalue weighted by Crippen LogP contribution is 2.19. The summed E-state index contributed by atoms with van der Waals surface area (Å²) < 4.78 is 1.86. The molecule has 0 aliphatic heterocycles. The number of urea groups is 1. The number of nitrogens with zero attached hydrogens (tertiary/aromatic N) is 2. The van der Waals surface area contributed by atoms with Crippen LogP contribution in [-0.2, 0) is 6.54 Å². The van der Waals surface area contributed by atoms with Gasteiger partial charge in [-0.3, -0.25) is 4.68 Å². The van der Waals surface area contributed by atoms with E-state index >= 15 is 0 Å². The van der Waals surface area contributed by atoms with E-state index in [9.17, 15) is 4.79 Å². The van der Waals surface area contributed by atoms with Crippen LogP contribution in [-0.4, -0.2) is 22.4 Å². The van der Waals surface area contributed by atoms with Gasteiger partial charge >= 0.3 is 6.03 Å². The minimum absolute atomic E-state index is 0.256. The number of hydrogen-bond donors (Lipinski definition) is 2. The Morgan fingerprint density at radius 1 is 1.32 bits per heavy atom. The van der Waals surface area contributed by atoms with Crippen molar-refractivity contribution < 1.29 is 4.79 Å². The van der Waals surface area contributed by atoms with Crippen molar-refractivity contribution in [2.24, 2.45) is 0 Å². The Kier molecular flexibility index (Phi) is 5.69. The number of carbonyl (C=O) groups is 1. The van der Waals surface area contributed by atoms with Gasteiger partial charge in [0.25, 0.3) is 0 Å². The number of nitrogens with one attached hydrogen (secondary N) is 2. The Morgan fingerprint density at radius 2 is 2.09 bits per heavy atom. The standard InChI is InChI=1S/C15H18Cl2N4O/c1-10-14(17)11(2)21(20-10)8-4-7-18-15(22)19-13-6-3-5-12(16)9-13/h3,5-6,9H,4,7-8H2,1-2H3,(H2,18,19,22). The lowest BCUT2D eigenvalue weighted by Crippen LogP contribution is -2.30. The van der Waals surface area contributed by atoms with Crippen LogP contribution < -0.4 is 10.6 Å². The topological polar surface area (TPSA) is 59.0 Å². The van der Waals surface area contributed by atoms with E-state index in [0.29, 0.717) is 28.8 Å². The molecule has 2 aromatic rings. The highest BCUT2D eigenvalue weighted by molar-refractivity contribution is 6.31. The summed E-state index contributed by atoms with van der Waals surface area (Å²) in [4.78, 5) is 11.8. The fourth-order valence-electron chi connectivity index (χ4n) is 2.07. The summed E-state index contributed by atoms with van der Waals surface area (Å²) in [5, 5.41) is 11.2. The zero-order chi connectivity index (χ0) is 16.1. The van der Waals surface area contributed by atoms with E-state index in [-0.39, 0.29) is 6.03 Å². The molecule has 2 N–H and O–H groups in total. The summed E-state index contributed by atoms with van der Waals surface area (Å²) in [6, 6.07) is 6.76.